The lowest BCUT2D eigenvalue weighted by Gasteiger charge is -2.36. The van der Waals surface area contributed by atoms with Crippen molar-refractivity contribution in [2.75, 3.05) is 73.1 Å². The lowest BCUT2D eigenvalue weighted by molar-refractivity contribution is 0.106. The Kier molecular flexibility index (Phi) is 23.2. The molecule has 6 aliphatic rings. The third-order valence-corrected chi connectivity index (χ3v) is 24.5. The van der Waals surface area contributed by atoms with E-state index in [1.54, 1.807) is 0 Å². The van der Waals surface area contributed by atoms with Crippen LogP contribution in [-0.4, -0.2) is 63.3 Å². The minimum atomic E-state index is -0.417. The van der Waals surface area contributed by atoms with E-state index in [0.717, 1.165) is 175 Å². The Morgan fingerprint density at radius 2 is 0.454 bits per heavy atom. The van der Waals surface area contributed by atoms with Crippen molar-refractivity contribution >= 4 is 22.7 Å². The summed E-state index contributed by atoms with van der Waals surface area (Å²) < 4.78 is 52.5. The fourth-order valence-electron chi connectivity index (χ4n) is 17.7. The van der Waals surface area contributed by atoms with Gasteiger partial charge in [0.2, 0.25) is 0 Å². The van der Waals surface area contributed by atoms with Crippen LogP contribution < -0.4 is 57.5 Å². The SMILES string of the molecule is C=CCc1cc(C(C)(C)c2cc(CC=C)c3c(c2)CN(c2ccc(Oc4ccc(N5COc6c(CC=C)cc(C(C)(C)c7cc(CC=C)c8c(c7)CN(c7ccc(Oc9ccc(N%10COc%11c(CC=C)cc(C(C)(C)c%12cc(CC=C)c%13c(c%12)CN(CC=C)CO%13)cc%11C%10)cc9)cc7)CO8)cc6C5)cc4)cc2)CO3)cc2c1OCN(CC=C)C2. The molecule has 0 spiro atoms. The van der Waals surface area contributed by atoms with Crippen LogP contribution in [0.2, 0.25) is 0 Å². The number of nitrogens with zero attached hydrogens (tertiary/aromatic N) is 6. The second kappa shape index (κ2) is 34.3. The van der Waals surface area contributed by atoms with Crippen molar-refractivity contribution in [2.45, 2.75) is 136 Å². The second-order valence-electron chi connectivity index (χ2n) is 33.8. The molecule has 0 amide bonds. The highest BCUT2D eigenvalue weighted by Crippen LogP contribution is 2.48. The third kappa shape index (κ3) is 16.6. The zero-order valence-electron chi connectivity index (χ0n) is 70.0. The molecule has 0 aromatic heterocycles. The van der Waals surface area contributed by atoms with Crippen molar-refractivity contribution in [3.05, 3.63) is 371 Å². The van der Waals surface area contributed by atoms with Crippen LogP contribution in [0.1, 0.15) is 142 Å². The lowest BCUT2D eigenvalue weighted by atomic mass is 9.75. The Morgan fingerprint density at radius 1 is 0.261 bits per heavy atom. The maximum absolute atomic E-state index is 6.71. The molecule has 0 fully saturated rings. The monoisotopic (exact) mass is 1580 g/mol. The summed E-state index contributed by atoms with van der Waals surface area (Å²) in [5.74, 6) is 8.67. The summed E-state index contributed by atoms with van der Waals surface area (Å²) in [5.41, 5.74) is 24.2. The largest absolute Gasteiger partial charge is 0.477 e. The normalized spacial score (nSPS) is 15.0. The highest BCUT2D eigenvalue weighted by atomic mass is 16.5. The minimum absolute atomic E-state index is 0.334. The zero-order valence-corrected chi connectivity index (χ0v) is 70.0. The van der Waals surface area contributed by atoms with Gasteiger partial charge in [0.05, 0.1) is 0 Å². The molecule has 0 saturated heterocycles. The fourth-order valence-corrected chi connectivity index (χ4v) is 17.7. The lowest BCUT2D eigenvalue weighted by Crippen LogP contribution is -2.33. The summed E-state index contributed by atoms with van der Waals surface area (Å²) in [5, 5.41) is 0. The van der Waals surface area contributed by atoms with Crippen LogP contribution >= 0.6 is 0 Å². The van der Waals surface area contributed by atoms with E-state index in [-0.39, 0.29) is 10.8 Å². The van der Waals surface area contributed by atoms with E-state index in [1.165, 1.54) is 44.5 Å². The predicted octanol–water partition coefficient (Wildman–Crippen LogP) is 22.7. The quantitative estimate of drug-likeness (QED) is 0.0400. The third-order valence-electron chi connectivity index (χ3n) is 24.5. The molecule has 0 atom stereocenters. The first-order valence-corrected chi connectivity index (χ1v) is 41.6. The van der Waals surface area contributed by atoms with Crippen molar-refractivity contribution in [1.82, 2.24) is 9.80 Å². The molecule has 10 aromatic rings. The van der Waals surface area contributed by atoms with E-state index < -0.39 is 5.41 Å². The molecule has 16 rings (SSSR count). The summed E-state index contributed by atoms with van der Waals surface area (Å²) in [6.45, 7) is 55.2. The van der Waals surface area contributed by atoms with Crippen LogP contribution in [0.5, 0.6) is 57.5 Å². The van der Waals surface area contributed by atoms with Crippen molar-refractivity contribution < 1.29 is 37.9 Å². The van der Waals surface area contributed by atoms with Gasteiger partial charge in [0.1, 0.15) is 71.0 Å². The maximum Gasteiger partial charge on any atom is 0.161 e. The summed E-state index contributed by atoms with van der Waals surface area (Å²) in [4.78, 5) is 13.6. The predicted molar refractivity (Wildman–Crippen MR) is 483 cm³/mol. The van der Waals surface area contributed by atoms with Crippen LogP contribution in [0.3, 0.4) is 0 Å². The Balaban J connectivity index is 0.559. The van der Waals surface area contributed by atoms with Crippen LogP contribution in [0.4, 0.5) is 22.7 Å². The molecule has 0 bridgehead atoms. The van der Waals surface area contributed by atoms with Crippen LogP contribution in [0.25, 0.3) is 0 Å². The number of hydrogen-bond donors (Lipinski definition) is 0. The first-order chi connectivity index (χ1) is 57.7. The standard InChI is InChI=1S/C105H110N6O8/c1-15-23-71-47-83(53-77-59-106(45-21-7)65-112-97(71)77)103(9,10)85-49-73(25-17-3)99-79(55-85)61-108(67-114-99)89-29-37-93(38-30-89)118-95-41-33-91(34-42-95)110-63-81-57-87(51-75(27-19-5)101(81)116-69-110)105(13,14)88-52-76(28-20-6)102-82(58-88)64-111(70-117-102)92-35-43-96(44-36-92)119-94-39-31-90(32-40-94)109-62-80-56-86(50-74(26-18-4)100(80)115-68-109)104(11,12)84-48-72(24-16-2)98-78(54-84)60-107(46-22-8)66-113-98/h15-22,29-44,47-58H,1-8,23-28,45-46,59-70H2,9-14H3. The summed E-state index contributed by atoms with van der Waals surface area (Å²) in [6, 6.07) is 61.1. The summed E-state index contributed by atoms with van der Waals surface area (Å²) in [7, 11) is 0. The molecule has 14 nitrogen and oxygen atoms in total. The number of benzene rings is 10. The van der Waals surface area contributed by atoms with Gasteiger partial charge in [0.25, 0.3) is 0 Å². The molecular weight excluding hydrogens is 1470 g/mol. The van der Waals surface area contributed by atoms with Crippen molar-refractivity contribution in [3.63, 3.8) is 0 Å². The zero-order chi connectivity index (χ0) is 82.7. The van der Waals surface area contributed by atoms with Gasteiger partial charge in [-0.2, -0.15) is 0 Å². The van der Waals surface area contributed by atoms with Gasteiger partial charge >= 0.3 is 0 Å². The number of fused-ring (bicyclic) bond motifs is 6. The molecule has 0 radical (unpaired) electrons. The molecule has 0 N–H and O–H groups in total. The van der Waals surface area contributed by atoms with Gasteiger partial charge in [-0.3, -0.25) is 9.80 Å². The highest BCUT2D eigenvalue weighted by Gasteiger charge is 2.36. The Hall–Kier alpha value is -12.4. The Bertz CT molecular complexity index is 5210. The number of hydrogen-bond acceptors (Lipinski definition) is 14. The van der Waals surface area contributed by atoms with E-state index in [4.69, 9.17) is 37.9 Å². The molecule has 119 heavy (non-hydrogen) atoms. The Labute approximate surface area is 703 Å². The van der Waals surface area contributed by atoms with Gasteiger partial charge in [0, 0.05) is 125 Å². The van der Waals surface area contributed by atoms with Gasteiger partial charge in [-0.25, -0.2) is 0 Å². The summed E-state index contributed by atoms with van der Waals surface area (Å²) in [6.07, 6.45) is 19.9. The first-order valence-electron chi connectivity index (χ1n) is 41.6. The Morgan fingerprint density at radius 3 is 0.647 bits per heavy atom. The molecule has 0 saturated carbocycles. The van der Waals surface area contributed by atoms with E-state index >= 15 is 0 Å². The molecule has 608 valence electrons. The molecule has 6 heterocycles. The smallest absolute Gasteiger partial charge is 0.161 e. The highest BCUT2D eigenvalue weighted by molar-refractivity contribution is 5.64. The minimum Gasteiger partial charge on any atom is -0.477 e. The van der Waals surface area contributed by atoms with Gasteiger partial charge in [0.15, 0.2) is 26.9 Å². The van der Waals surface area contributed by atoms with Gasteiger partial charge in [-0.05, 0) is 239 Å². The van der Waals surface area contributed by atoms with Gasteiger partial charge in [-0.15, -0.1) is 52.6 Å². The molecule has 6 aliphatic heterocycles. The average molecular weight is 1580 g/mol. The second-order valence-corrected chi connectivity index (χ2v) is 33.8. The van der Waals surface area contributed by atoms with E-state index in [1.807, 2.05) is 97.1 Å². The number of allylic oxidation sites excluding steroid dienone is 6. The molecule has 0 aliphatic carbocycles. The van der Waals surface area contributed by atoms with Crippen LogP contribution in [-0.2, 0) is 94.0 Å². The fraction of sp³-hybridized carbons (Fsp3) is 0.276. The van der Waals surface area contributed by atoms with E-state index in [2.05, 4.69) is 245 Å². The van der Waals surface area contributed by atoms with Gasteiger partial charge in [-0.1, -0.05) is 127 Å². The van der Waals surface area contributed by atoms with Crippen molar-refractivity contribution in [2.24, 2.45) is 0 Å². The van der Waals surface area contributed by atoms with Crippen molar-refractivity contribution in [1.29, 1.82) is 0 Å². The van der Waals surface area contributed by atoms with Crippen LogP contribution in [0, 0.1) is 0 Å². The molecular formula is C105H110N6O8. The molecule has 0 unspecified atom stereocenters. The van der Waals surface area contributed by atoms with Gasteiger partial charge < -0.3 is 57.5 Å². The van der Waals surface area contributed by atoms with E-state index in [0.29, 0.717) is 92.2 Å². The number of rotatable bonds is 30. The topological polar surface area (TPSA) is 93.3 Å². The first kappa shape index (κ1) is 80.4. The molecule has 14 heteroatoms. The summed E-state index contributed by atoms with van der Waals surface area (Å²) >= 11 is 0. The molecule has 10 aromatic carbocycles. The maximum atomic E-state index is 6.71. The van der Waals surface area contributed by atoms with Crippen LogP contribution in [0.15, 0.2) is 271 Å². The van der Waals surface area contributed by atoms with E-state index in [9.17, 15) is 0 Å². The van der Waals surface area contributed by atoms with Crippen molar-refractivity contribution in [3.8, 4) is 57.5 Å². The number of anilines is 4. The average Bonchev–Trinajstić information content (AvgIpc) is 0.760. The number of ether oxygens (including phenoxy) is 8.